The van der Waals surface area contributed by atoms with E-state index in [2.05, 4.69) is 57.2 Å². The SMILES string of the molecule is CCCCCCC/C=C\C/C=C\C/C=C\CCCCCCCCCCCCCCCCCCC(=O)OCC(COC(=O)CCCCCCCCCCC)OC(=O)CCCCCCCCCCCCCCCCCCCCCCCCCCC. The predicted octanol–water partition coefficient (Wildman–Crippen LogP) is 25.9. The predicted molar refractivity (Wildman–Crippen MR) is 362 cm³/mol. The van der Waals surface area contributed by atoms with Crippen molar-refractivity contribution in [3.8, 4) is 0 Å². The molecule has 0 N–H and O–H groups in total. The molecular weight excluding hydrogens is 1020 g/mol. The lowest BCUT2D eigenvalue weighted by Crippen LogP contribution is -2.30. The molecule has 0 aliphatic carbocycles. The molecule has 0 spiro atoms. The summed E-state index contributed by atoms with van der Waals surface area (Å²) in [4.78, 5) is 38.3. The van der Waals surface area contributed by atoms with Gasteiger partial charge in [-0.05, 0) is 57.8 Å². The van der Waals surface area contributed by atoms with Gasteiger partial charge in [0.2, 0.25) is 0 Å². The van der Waals surface area contributed by atoms with E-state index in [0.29, 0.717) is 19.3 Å². The van der Waals surface area contributed by atoms with Crippen molar-refractivity contribution < 1.29 is 28.6 Å². The summed E-state index contributed by atoms with van der Waals surface area (Å²) < 4.78 is 17.0. The van der Waals surface area contributed by atoms with Crippen LogP contribution in [0.15, 0.2) is 36.5 Å². The van der Waals surface area contributed by atoms with Crippen molar-refractivity contribution in [1.29, 1.82) is 0 Å². The van der Waals surface area contributed by atoms with Crippen molar-refractivity contribution in [2.45, 2.75) is 425 Å². The van der Waals surface area contributed by atoms with E-state index in [1.165, 1.54) is 308 Å². The van der Waals surface area contributed by atoms with E-state index in [1.54, 1.807) is 0 Å². The summed E-state index contributed by atoms with van der Waals surface area (Å²) >= 11 is 0. The topological polar surface area (TPSA) is 78.9 Å². The minimum atomic E-state index is -0.767. The average Bonchev–Trinajstić information content (AvgIpc) is 3.49. The molecule has 0 heterocycles. The fourth-order valence-corrected chi connectivity index (χ4v) is 11.5. The van der Waals surface area contributed by atoms with Gasteiger partial charge in [-0.1, -0.05) is 378 Å². The van der Waals surface area contributed by atoms with Crippen molar-refractivity contribution >= 4 is 17.9 Å². The van der Waals surface area contributed by atoms with Crippen LogP contribution in [0.3, 0.4) is 0 Å². The van der Waals surface area contributed by atoms with Crippen LogP contribution in [-0.2, 0) is 28.6 Å². The maximum atomic E-state index is 12.9. The minimum Gasteiger partial charge on any atom is -0.462 e. The fraction of sp³-hybridized carbons (Fsp3) is 0.883. The monoisotopic (exact) mass is 1170 g/mol. The first-order chi connectivity index (χ1) is 41.0. The molecule has 0 aliphatic rings. The Morgan fingerprint density at radius 3 is 0.675 bits per heavy atom. The number of hydrogen-bond donors (Lipinski definition) is 0. The van der Waals surface area contributed by atoms with Gasteiger partial charge in [0.1, 0.15) is 13.2 Å². The Morgan fingerprint density at radius 2 is 0.434 bits per heavy atom. The first kappa shape index (κ1) is 80.6. The van der Waals surface area contributed by atoms with Crippen LogP contribution in [0.5, 0.6) is 0 Å². The second-order valence-corrected chi connectivity index (χ2v) is 25.6. The highest BCUT2D eigenvalue weighted by Gasteiger charge is 2.20. The van der Waals surface area contributed by atoms with E-state index < -0.39 is 6.10 Å². The second-order valence-electron chi connectivity index (χ2n) is 25.6. The Hall–Kier alpha value is -2.37. The number of rotatable bonds is 70. The smallest absolute Gasteiger partial charge is 0.306 e. The van der Waals surface area contributed by atoms with Crippen LogP contribution in [-0.4, -0.2) is 37.2 Å². The van der Waals surface area contributed by atoms with Crippen LogP contribution in [0.1, 0.15) is 419 Å². The van der Waals surface area contributed by atoms with E-state index in [-0.39, 0.29) is 31.1 Å². The number of allylic oxidation sites excluding steroid dienone is 6. The van der Waals surface area contributed by atoms with Gasteiger partial charge in [0.05, 0.1) is 0 Å². The Kier molecular flexibility index (Phi) is 70.0. The van der Waals surface area contributed by atoms with Crippen molar-refractivity contribution in [2.24, 2.45) is 0 Å². The molecule has 1 unspecified atom stereocenters. The van der Waals surface area contributed by atoms with Gasteiger partial charge in [0, 0.05) is 19.3 Å². The maximum Gasteiger partial charge on any atom is 0.306 e. The number of esters is 3. The van der Waals surface area contributed by atoms with Gasteiger partial charge >= 0.3 is 17.9 Å². The molecular formula is C77H144O6. The first-order valence-corrected chi connectivity index (χ1v) is 37.5. The quantitative estimate of drug-likeness (QED) is 0.0261. The van der Waals surface area contributed by atoms with Crippen LogP contribution < -0.4 is 0 Å². The number of hydrogen-bond acceptors (Lipinski definition) is 6. The van der Waals surface area contributed by atoms with Crippen LogP contribution in [0, 0.1) is 0 Å². The van der Waals surface area contributed by atoms with Crippen molar-refractivity contribution in [3.05, 3.63) is 36.5 Å². The van der Waals surface area contributed by atoms with E-state index in [9.17, 15) is 14.4 Å². The van der Waals surface area contributed by atoms with E-state index in [4.69, 9.17) is 14.2 Å². The molecule has 0 amide bonds. The standard InChI is InChI=1S/C77H144O6/c1-4-7-10-13-16-19-21-23-25-27-29-31-33-35-36-37-38-39-40-42-43-45-47-49-51-53-55-58-61-64-67-70-76(79)82-73-74(72-81-75(78)69-66-63-60-57-18-15-12-9-6-3)83-77(80)71-68-65-62-59-56-54-52-50-48-46-44-41-34-32-30-28-26-24-22-20-17-14-11-8-5-2/h21,23,27,29,33,35,74H,4-20,22,24-26,28,30-32,34,36-73H2,1-3H3/b23-21-,29-27-,35-33-. The third-order valence-electron chi connectivity index (χ3n) is 17.1. The number of carbonyl (C=O) groups excluding carboxylic acids is 3. The molecule has 0 saturated carbocycles. The highest BCUT2D eigenvalue weighted by molar-refractivity contribution is 5.71. The molecule has 0 fully saturated rings. The fourth-order valence-electron chi connectivity index (χ4n) is 11.5. The first-order valence-electron chi connectivity index (χ1n) is 37.5. The normalized spacial score (nSPS) is 12.2. The lowest BCUT2D eigenvalue weighted by molar-refractivity contribution is -0.167. The molecule has 0 aromatic carbocycles. The molecule has 83 heavy (non-hydrogen) atoms. The molecule has 6 nitrogen and oxygen atoms in total. The molecule has 0 bridgehead atoms. The summed E-state index contributed by atoms with van der Waals surface area (Å²) in [6.45, 7) is 6.69. The lowest BCUT2D eigenvalue weighted by Gasteiger charge is -2.18. The summed E-state index contributed by atoms with van der Waals surface area (Å²) in [5.41, 5.74) is 0. The second kappa shape index (κ2) is 72.1. The minimum absolute atomic E-state index is 0.0652. The molecule has 0 rings (SSSR count). The molecule has 0 saturated heterocycles. The number of ether oxygens (including phenoxy) is 3. The summed E-state index contributed by atoms with van der Waals surface area (Å²) in [7, 11) is 0. The van der Waals surface area contributed by atoms with Gasteiger partial charge in [-0.3, -0.25) is 14.4 Å². The van der Waals surface area contributed by atoms with Gasteiger partial charge in [-0.15, -0.1) is 0 Å². The molecule has 1 atom stereocenters. The van der Waals surface area contributed by atoms with E-state index in [0.717, 1.165) is 70.6 Å². The highest BCUT2D eigenvalue weighted by Crippen LogP contribution is 2.19. The zero-order valence-electron chi connectivity index (χ0n) is 56.2. The number of unbranched alkanes of at least 4 members (excludes halogenated alkanes) is 53. The van der Waals surface area contributed by atoms with Crippen molar-refractivity contribution in [2.75, 3.05) is 13.2 Å². The molecule has 0 aromatic heterocycles. The van der Waals surface area contributed by atoms with E-state index >= 15 is 0 Å². The number of carbonyl (C=O) groups is 3. The Bertz CT molecular complexity index is 1380. The molecule has 0 aromatic rings. The zero-order chi connectivity index (χ0) is 59.9. The van der Waals surface area contributed by atoms with Crippen LogP contribution in [0.25, 0.3) is 0 Å². The summed E-state index contributed by atoms with van der Waals surface area (Å²) in [6.07, 6.45) is 90.7. The van der Waals surface area contributed by atoms with Crippen LogP contribution >= 0.6 is 0 Å². The molecule has 6 heteroatoms. The molecule has 0 aliphatic heterocycles. The highest BCUT2D eigenvalue weighted by atomic mass is 16.6. The Labute approximate surface area is 518 Å². The third-order valence-corrected chi connectivity index (χ3v) is 17.1. The Morgan fingerprint density at radius 1 is 0.241 bits per heavy atom. The van der Waals surface area contributed by atoms with Crippen molar-refractivity contribution in [1.82, 2.24) is 0 Å². The van der Waals surface area contributed by atoms with Crippen LogP contribution in [0.2, 0.25) is 0 Å². The van der Waals surface area contributed by atoms with Crippen molar-refractivity contribution in [3.63, 3.8) is 0 Å². The summed E-state index contributed by atoms with van der Waals surface area (Å²) in [5.74, 6) is -0.836. The summed E-state index contributed by atoms with van der Waals surface area (Å²) in [5, 5.41) is 0. The van der Waals surface area contributed by atoms with Crippen LogP contribution in [0.4, 0.5) is 0 Å². The van der Waals surface area contributed by atoms with Gasteiger partial charge in [0.25, 0.3) is 0 Å². The maximum absolute atomic E-state index is 12.9. The lowest BCUT2D eigenvalue weighted by atomic mass is 10.0. The average molecular weight is 1170 g/mol. The molecule has 488 valence electrons. The van der Waals surface area contributed by atoms with Gasteiger partial charge < -0.3 is 14.2 Å². The largest absolute Gasteiger partial charge is 0.462 e. The summed E-state index contributed by atoms with van der Waals surface area (Å²) in [6, 6.07) is 0. The van der Waals surface area contributed by atoms with Gasteiger partial charge in [0.15, 0.2) is 6.10 Å². The zero-order valence-corrected chi connectivity index (χ0v) is 56.2. The van der Waals surface area contributed by atoms with Gasteiger partial charge in [-0.2, -0.15) is 0 Å². The molecule has 0 radical (unpaired) electrons. The van der Waals surface area contributed by atoms with Gasteiger partial charge in [-0.25, -0.2) is 0 Å². The van der Waals surface area contributed by atoms with E-state index in [1.807, 2.05) is 0 Å². The third kappa shape index (κ3) is 70.3. The Balaban J connectivity index is 4.06.